The van der Waals surface area contributed by atoms with Crippen LogP contribution in [-0.2, 0) is 39.7 Å². The van der Waals surface area contributed by atoms with Crippen molar-refractivity contribution >= 4 is 11.6 Å². The van der Waals surface area contributed by atoms with Gasteiger partial charge >= 0.3 is 0 Å². The Morgan fingerprint density at radius 3 is 1.27 bits per heavy atom. The Balaban J connectivity index is 0.000000227. The van der Waals surface area contributed by atoms with Gasteiger partial charge < -0.3 is 10.6 Å². The minimum atomic E-state index is 0. The number of carbonyl (C=O) groups excluding carboxylic acids is 2. The van der Waals surface area contributed by atoms with E-state index in [-0.39, 0.29) is 28.6 Å². The van der Waals surface area contributed by atoms with Crippen molar-refractivity contribution in [2.24, 2.45) is 0 Å². The van der Waals surface area contributed by atoms with Crippen molar-refractivity contribution in [3.05, 3.63) is 144 Å². The first kappa shape index (κ1) is 25.6. The van der Waals surface area contributed by atoms with Crippen LogP contribution in [0.4, 0.5) is 0 Å². The maximum absolute atomic E-state index is 11.4. The molecule has 2 aliphatic rings. The third-order valence-electron chi connectivity index (χ3n) is 4.65. The molecule has 2 N–H and O–H groups in total. The molecule has 0 unspecified atom stereocenters. The second-order valence-corrected chi connectivity index (χ2v) is 7.10. The molecular weight excluding hydrogens is 460 g/mol. The van der Waals surface area contributed by atoms with Crippen LogP contribution < -0.4 is 10.6 Å². The molecule has 171 valence electrons. The molecule has 0 spiro atoms. The van der Waals surface area contributed by atoms with E-state index in [2.05, 4.69) is 10.6 Å². The van der Waals surface area contributed by atoms with Crippen LogP contribution in [0.3, 0.4) is 0 Å². The largest absolute Gasteiger partial charge is 0.386 e. The number of ketones is 2. The summed E-state index contributed by atoms with van der Waals surface area (Å²) < 4.78 is 0. The first-order valence-corrected chi connectivity index (χ1v) is 10.5. The second-order valence-electron chi connectivity index (χ2n) is 7.10. The van der Waals surface area contributed by atoms with E-state index in [0.717, 1.165) is 13.1 Å². The number of rotatable bonds is 6. The van der Waals surface area contributed by atoms with Crippen molar-refractivity contribution in [3.63, 3.8) is 0 Å². The predicted molar refractivity (Wildman–Crippen MR) is 129 cm³/mol. The van der Waals surface area contributed by atoms with Crippen LogP contribution in [0, 0.1) is 0 Å². The van der Waals surface area contributed by atoms with Gasteiger partial charge in [0.25, 0.3) is 0 Å². The zero-order valence-electron chi connectivity index (χ0n) is 18.1. The Hall–Kier alpha value is -3.66. The molecule has 0 saturated heterocycles. The van der Waals surface area contributed by atoms with Gasteiger partial charge in [-0.25, -0.2) is 0 Å². The fourth-order valence-electron chi connectivity index (χ4n) is 2.95. The van der Waals surface area contributed by atoms with Crippen molar-refractivity contribution in [1.82, 2.24) is 10.6 Å². The quantitative estimate of drug-likeness (QED) is 0.459. The predicted octanol–water partition coefficient (Wildman–Crippen LogP) is 4.71. The summed E-state index contributed by atoms with van der Waals surface area (Å²) in [5.74, 6) is 0.0890. The van der Waals surface area contributed by atoms with Gasteiger partial charge in [-0.15, -0.1) is 0 Å². The van der Waals surface area contributed by atoms with Gasteiger partial charge in [0.1, 0.15) is 0 Å². The van der Waals surface area contributed by atoms with E-state index in [1.165, 1.54) is 11.1 Å². The first-order valence-electron chi connectivity index (χ1n) is 10.5. The third-order valence-corrected chi connectivity index (χ3v) is 4.65. The Labute approximate surface area is 205 Å². The summed E-state index contributed by atoms with van der Waals surface area (Å²) in [7, 11) is 0. The van der Waals surface area contributed by atoms with Gasteiger partial charge in [0.2, 0.25) is 0 Å². The van der Waals surface area contributed by atoms with Crippen molar-refractivity contribution in [3.8, 4) is 0 Å². The van der Waals surface area contributed by atoms with E-state index in [0.29, 0.717) is 11.1 Å². The Kier molecular flexibility index (Phi) is 11.2. The number of benzene rings is 2. The molecule has 0 aromatic heterocycles. The molecular formula is C28H26CuN2O2. The normalized spacial score (nSPS) is 16.2. The fraction of sp³-hybridized carbons (Fsp3) is 0.0714. The van der Waals surface area contributed by atoms with Crippen molar-refractivity contribution in [1.29, 1.82) is 0 Å². The van der Waals surface area contributed by atoms with Gasteiger partial charge in [-0.05, 0) is 35.4 Å². The Morgan fingerprint density at radius 2 is 0.909 bits per heavy atom. The molecule has 1 radical (unpaired) electrons. The number of allylic oxidation sites excluding steroid dienone is 10. The van der Waals surface area contributed by atoms with Crippen molar-refractivity contribution in [2.75, 3.05) is 0 Å². The van der Waals surface area contributed by atoms with Crippen LogP contribution in [0.15, 0.2) is 133 Å². The molecule has 0 saturated carbocycles. The van der Waals surface area contributed by atoms with Crippen molar-refractivity contribution < 1.29 is 26.7 Å². The Bertz CT molecular complexity index is 1010. The molecule has 0 heterocycles. The molecule has 5 heteroatoms. The van der Waals surface area contributed by atoms with Gasteiger partial charge in [0, 0.05) is 53.7 Å². The monoisotopic (exact) mass is 485 g/mol. The number of carbonyl (C=O) groups is 2. The summed E-state index contributed by atoms with van der Waals surface area (Å²) in [5.41, 5.74) is 3.78. The van der Waals surface area contributed by atoms with Gasteiger partial charge in [-0.3, -0.25) is 9.59 Å². The standard InChI is InChI=1S/2C14H13NO.Cu/c2*16-14-9-5-4-8-13(14)11-15-10-12-6-2-1-3-7-12;/h2*1-9,11,15H,10H2;. The number of hydrogen-bond acceptors (Lipinski definition) is 4. The number of hydrogen-bond donors (Lipinski definition) is 2. The SMILES string of the molecule is O=C1C=CC=CC1=CNCc1ccccc1.O=C1C=CC=CC1=CNCc1ccccc1.[Cu]. The van der Waals surface area contributed by atoms with Crippen LogP contribution in [0.2, 0.25) is 0 Å². The average Bonchev–Trinajstić information content (AvgIpc) is 2.83. The summed E-state index contributed by atoms with van der Waals surface area (Å²) in [6.07, 6.45) is 17.5. The molecule has 2 aliphatic carbocycles. The van der Waals surface area contributed by atoms with Crippen LogP contribution in [-0.4, -0.2) is 11.6 Å². The fourth-order valence-corrected chi connectivity index (χ4v) is 2.95. The molecule has 0 fully saturated rings. The minimum Gasteiger partial charge on any atom is -0.386 e. The topological polar surface area (TPSA) is 58.2 Å². The summed E-state index contributed by atoms with van der Waals surface area (Å²) in [6, 6.07) is 20.1. The summed E-state index contributed by atoms with van der Waals surface area (Å²) in [4.78, 5) is 22.8. The molecule has 2 aromatic rings. The maximum Gasteiger partial charge on any atom is 0.187 e. The molecule has 33 heavy (non-hydrogen) atoms. The second kappa shape index (κ2) is 14.4. The molecule has 0 aliphatic heterocycles. The van der Waals surface area contributed by atoms with Gasteiger partial charge in [-0.1, -0.05) is 85.0 Å². The van der Waals surface area contributed by atoms with Crippen LogP contribution in [0.5, 0.6) is 0 Å². The maximum atomic E-state index is 11.4. The van der Waals surface area contributed by atoms with Crippen LogP contribution in [0.25, 0.3) is 0 Å². The average molecular weight is 486 g/mol. The third kappa shape index (κ3) is 9.16. The minimum absolute atomic E-state index is 0. The molecule has 0 amide bonds. The summed E-state index contributed by atoms with van der Waals surface area (Å²) >= 11 is 0. The zero-order valence-corrected chi connectivity index (χ0v) is 19.0. The first-order chi connectivity index (χ1) is 15.7. The van der Waals surface area contributed by atoms with E-state index in [4.69, 9.17) is 0 Å². The Morgan fingerprint density at radius 1 is 0.545 bits per heavy atom. The van der Waals surface area contributed by atoms with Crippen molar-refractivity contribution in [2.45, 2.75) is 13.1 Å². The van der Waals surface area contributed by atoms with Gasteiger partial charge in [0.15, 0.2) is 11.6 Å². The molecule has 0 bridgehead atoms. The molecule has 4 nitrogen and oxygen atoms in total. The van der Waals surface area contributed by atoms with E-state index in [9.17, 15) is 9.59 Å². The summed E-state index contributed by atoms with van der Waals surface area (Å²) in [6.45, 7) is 1.46. The molecule has 2 aromatic carbocycles. The van der Waals surface area contributed by atoms with Gasteiger partial charge in [-0.2, -0.15) is 0 Å². The van der Waals surface area contributed by atoms with Crippen LogP contribution in [0.1, 0.15) is 11.1 Å². The van der Waals surface area contributed by atoms with E-state index < -0.39 is 0 Å². The zero-order chi connectivity index (χ0) is 22.4. The summed E-state index contributed by atoms with van der Waals surface area (Å²) in [5, 5.41) is 6.27. The molecule has 4 rings (SSSR count). The van der Waals surface area contributed by atoms with E-state index in [1.54, 1.807) is 48.9 Å². The number of nitrogens with one attached hydrogen (secondary N) is 2. The van der Waals surface area contributed by atoms with E-state index >= 15 is 0 Å². The van der Waals surface area contributed by atoms with E-state index in [1.807, 2.05) is 72.8 Å². The smallest absolute Gasteiger partial charge is 0.187 e. The molecule has 0 atom stereocenters. The van der Waals surface area contributed by atoms with Gasteiger partial charge in [0.05, 0.1) is 0 Å². The van der Waals surface area contributed by atoms with Crippen LogP contribution >= 0.6 is 0 Å².